The fraction of sp³-hybridized carbons (Fsp3) is 0.0133. The van der Waals surface area contributed by atoms with Crippen LogP contribution in [0.2, 0.25) is 0 Å². The van der Waals surface area contributed by atoms with Crippen LogP contribution in [-0.4, -0.2) is 13.7 Å². The van der Waals surface area contributed by atoms with E-state index in [4.69, 9.17) is 0 Å². The van der Waals surface area contributed by atoms with E-state index in [0.717, 1.165) is 17.1 Å². The largest absolute Gasteiger partial charge is 0.309 e. The zero-order valence-corrected chi connectivity index (χ0v) is 42.3. The lowest BCUT2D eigenvalue weighted by molar-refractivity contribution is 0.792. The smallest absolute Gasteiger partial charge is 0.0726 e. The first-order valence-corrected chi connectivity index (χ1v) is 27.2. The molecule has 3 aromatic heterocycles. The van der Waals surface area contributed by atoms with Gasteiger partial charge in [-0.2, -0.15) is 0 Å². The van der Waals surface area contributed by atoms with Crippen molar-refractivity contribution in [2.24, 2.45) is 0 Å². The minimum Gasteiger partial charge on any atom is -0.309 e. The second-order valence-corrected chi connectivity index (χ2v) is 21.5. The van der Waals surface area contributed by atoms with E-state index in [1.165, 1.54) is 143 Å². The topological polar surface area (TPSA) is 14.8 Å². The Morgan fingerprint density at radius 3 is 1.05 bits per heavy atom. The normalized spacial score (nSPS) is 13.2. The monoisotopic (exact) mass is 987 g/mol. The fourth-order valence-corrected chi connectivity index (χ4v) is 14.7. The second kappa shape index (κ2) is 15.4. The van der Waals surface area contributed by atoms with E-state index in [1.54, 1.807) is 0 Å². The van der Waals surface area contributed by atoms with Crippen LogP contribution in [-0.2, 0) is 5.41 Å². The van der Waals surface area contributed by atoms with Crippen molar-refractivity contribution in [3.63, 3.8) is 0 Å². The molecule has 0 saturated carbocycles. The molecule has 0 unspecified atom stereocenters. The molecule has 3 heteroatoms. The summed E-state index contributed by atoms with van der Waals surface area (Å²) in [6.45, 7) is 0. The first kappa shape index (κ1) is 42.1. The van der Waals surface area contributed by atoms with Crippen molar-refractivity contribution in [3.8, 4) is 61.6 Å². The lowest BCUT2D eigenvalue weighted by Gasteiger charge is -2.30. The third-order valence-corrected chi connectivity index (χ3v) is 17.8. The van der Waals surface area contributed by atoms with Crippen molar-refractivity contribution in [3.05, 3.63) is 295 Å². The summed E-state index contributed by atoms with van der Waals surface area (Å²) in [6, 6.07) is 102. The summed E-state index contributed by atoms with van der Waals surface area (Å²) in [4.78, 5) is 0. The Kier molecular flexibility index (Phi) is 8.33. The highest BCUT2D eigenvalue weighted by Crippen LogP contribution is 2.63. The summed E-state index contributed by atoms with van der Waals surface area (Å²) < 4.78 is 7.65. The Labute approximate surface area is 449 Å². The van der Waals surface area contributed by atoms with Gasteiger partial charge < -0.3 is 13.7 Å². The zero-order chi connectivity index (χ0) is 50.8. The molecule has 0 saturated heterocycles. The highest BCUT2D eigenvalue weighted by molar-refractivity contribution is 6.36. The Balaban J connectivity index is 0.971. The molecule has 3 nitrogen and oxygen atoms in total. The van der Waals surface area contributed by atoms with Crippen LogP contribution in [0.3, 0.4) is 0 Å². The third kappa shape index (κ3) is 5.37. The molecule has 0 aliphatic heterocycles. The lowest BCUT2D eigenvalue weighted by Crippen LogP contribution is -2.26. The molecule has 0 radical (unpaired) electrons. The molecule has 18 rings (SSSR count). The number of rotatable bonds is 5. The van der Waals surface area contributed by atoms with Gasteiger partial charge in [-0.3, -0.25) is 0 Å². The van der Waals surface area contributed by atoms with Crippen LogP contribution in [0.5, 0.6) is 0 Å². The van der Waals surface area contributed by atoms with Crippen LogP contribution in [0, 0.1) is 0 Å². The number of benzene rings is 13. The maximum absolute atomic E-state index is 2.62. The standard InChI is InChI=1S/C75H45N3/c1-3-17-46(18-4-1)48-31-35-50(36-32-48)77-67-29-15-10-24-57(67)61-44-69-71-59(73(61)77)41-42-60-72(71)70(45-62-58-25-11-16-30-68(58)78(74(60)62)51-37-33-49(34-38-51)47-19-5-2-6-20-47)76(69)52-39-40-56-55-23-9-14-28-65(55)75(66(56)43-52)63-26-12-7-21-53(63)54-22-8-13-27-64(54)75/h1-45H. The van der Waals surface area contributed by atoms with Crippen LogP contribution in [0.4, 0.5) is 0 Å². The molecule has 1 spiro atoms. The highest BCUT2D eigenvalue weighted by atomic mass is 15.0. The molecule has 2 aliphatic rings. The summed E-state index contributed by atoms with van der Waals surface area (Å²) in [5.74, 6) is 0. The number of nitrogens with zero attached hydrogens (tertiary/aromatic N) is 3. The quantitative estimate of drug-likeness (QED) is 0.153. The molecule has 16 aromatic rings. The van der Waals surface area contributed by atoms with Gasteiger partial charge in [-0.05, 0) is 127 Å². The molecule has 0 bridgehead atoms. The van der Waals surface area contributed by atoms with Crippen LogP contribution < -0.4 is 0 Å². The van der Waals surface area contributed by atoms with Gasteiger partial charge in [0, 0.05) is 60.2 Å². The van der Waals surface area contributed by atoms with Crippen LogP contribution in [0.25, 0.3) is 138 Å². The molecule has 0 N–H and O–H groups in total. The molecule has 3 heterocycles. The van der Waals surface area contributed by atoms with Gasteiger partial charge in [-0.15, -0.1) is 0 Å². The van der Waals surface area contributed by atoms with Crippen LogP contribution in [0.1, 0.15) is 22.3 Å². The van der Waals surface area contributed by atoms with E-state index in [0.29, 0.717) is 0 Å². The average molecular weight is 988 g/mol. The predicted molar refractivity (Wildman–Crippen MR) is 325 cm³/mol. The third-order valence-electron chi connectivity index (χ3n) is 17.8. The van der Waals surface area contributed by atoms with E-state index in [-0.39, 0.29) is 0 Å². The highest BCUT2D eigenvalue weighted by Gasteiger charge is 2.51. The zero-order valence-electron chi connectivity index (χ0n) is 42.3. The maximum Gasteiger partial charge on any atom is 0.0726 e. The first-order chi connectivity index (χ1) is 38.7. The minimum atomic E-state index is -0.479. The predicted octanol–water partition coefficient (Wildman–Crippen LogP) is 19.2. The Morgan fingerprint density at radius 1 is 0.218 bits per heavy atom. The Morgan fingerprint density at radius 2 is 0.590 bits per heavy atom. The lowest BCUT2D eigenvalue weighted by atomic mass is 9.70. The van der Waals surface area contributed by atoms with Gasteiger partial charge in [0.25, 0.3) is 0 Å². The van der Waals surface area contributed by atoms with Crippen molar-refractivity contribution >= 4 is 76.2 Å². The van der Waals surface area contributed by atoms with Crippen molar-refractivity contribution in [2.45, 2.75) is 5.41 Å². The van der Waals surface area contributed by atoms with E-state index >= 15 is 0 Å². The summed E-state index contributed by atoms with van der Waals surface area (Å²) in [5, 5.41) is 9.95. The van der Waals surface area contributed by atoms with Gasteiger partial charge in [0.05, 0.1) is 38.5 Å². The van der Waals surface area contributed by atoms with E-state index in [9.17, 15) is 0 Å². The minimum absolute atomic E-state index is 0.479. The molecular weight excluding hydrogens is 943 g/mol. The van der Waals surface area contributed by atoms with Gasteiger partial charge >= 0.3 is 0 Å². The van der Waals surface area contributed by atoms with Crippen LogP contribution >= 0.6 is 0 Å². The van der Waals surface area contributed by atoms with Gasteiger partial charge in [-0.25, -0.2) is 0 Å². The van der Waals surface area contributed by atoms with Crippen molar-refractivity contribution in [1.29, 1.82) is 0 Å². The Hall–Kier alpha value is -10.2. The molecule has 13 aromatic carbocycles. The van der Waals surface area contributed by atoms with Crippen LogP contribution in [0.15, 0.2) is 273 Å². The van der Waals surface area contributed by atoms with Gasteiger partial charge in [0.15, 0.2) is 0 Å². The molecule has 0 amide bonds. The van der Waals surface area contributed by atoms with E-state index in [1.807, 2.05) is 0 Å². The molecule has 0 fully saturated rings. The Bertz CT molecular complexity index is 4880. The average Bonchev–Trinajstić information content (AvgIpc) is 3.36. The fourth-order valence-electron chi connectivity index (χ4n) is 14.7. The molecule has 0 atom stereocenters. The molecule has 2 aliphatic carbocycles. The number of hydrogen-bond acceptors (Lipinski definition) is 0. The SMILES string of the molecule is c1ccc(-c2ccc(-n3c4ccccc4c4cc5c6c(ccc7c6c(cc6c8ccccc8n(-c8ccc(-c9ccccc9)cc8)c67)n5-c5ccc6c(c5)C5(c7ccccc7-c7ccccc75)c5ccccc5-6)c43)cc2)cc1. The van der Waals surface area contributed by atoms with Gasteiger partial charge in [0.1, 0.15) is 0 Å². The number of fused-ring (bicyclic) bond motifs is 18. The number of hydrogen-bond donors (Lipinski definition) is 0. The summed E-state index contributed by atoms with van der Waals surface area (Å²) in [7, 11) is 0. The summed E-state index contributed by atoms with van der Waals surface area (Å²) in [6.07, 6.45) is 0. The van der Waals surface area contributed by atoms with E-state index in [2.05, 4.69) is 287 Å². The first-order valence-electron chi connectivity index (χ1n) is 27.2. The van der Waals surface area contributed by atoms with Crippen molar-refractivity contribution < 1.29 is 0 Å². The number of para-hydroxylation sites is 2. The van der Waals surface area contributed by atoms with E-state index < -0.39 is 5.41 Å². The maximum atomic E-state index is 2.62. The van der Waals surface area contributed by atoms with Crippen molar-refractivity contribution in [2.75, 3.05) is 0 Å². The summed E-state index contributed by atoms with van der Waals surface area (Å²) in [5.41, 5.74) is 25.6. The van der Waals surface area contributed by atoms with Gasteiger partial charge in [-0.1, -0.05) is 212 Å². The van der Waals surface area contributed by atoms with Crippen molar-refractivity contribution in [1.82, 2.24) is 13.7 Å². The second-order valence-electron chi connectivity index (χ2n) is 21.5. The number of aromatic nitrogens is 3. The molecule has 78 heavy (non-hydrogen) atoms. The molecular formula is C75H45N3. The molecule has 360 valence electrons. The summed E-state index contributed by atoms with van der Waals surface area (Å²) >= 11 is 0. The van der Waals surface area contributed by atoms with Gasteiger partial charge in [0.2, 0.25) is 0 Å².